The zero-order valence-electron chi connectivity index (χ0n) is 13.8. The van der Waals surface area contributed by atoms with E-state index in [2.05, 4.69) is 18.4 Å². The van der Waals surface area contributed by atoms with Gasteiger partial charge in [0, 0.05) is 17.7 Å². The Labute approximate surface area is 143 Å². The number of carbonyl (C=O) groups excluding carboxylic acids is 1. The number of hydrogen-bond acceptors (Lipinski definition) is 3. The number of carbonyl (C=O) groups is 1. The zero-order chi connectivity index (χ0) is 17.6. The van der Waals surface area contributed by atoms with Gasteiger partial charge in [0.15, 0.2) is 0 Å². The summed E-state index contributed by atoms with van der Waals surface area (Å²) >= 11 is 0. The molecule has 0 unspecified atom stereocenters. The van der Waals surface area contributed by atoms with Crippen LogP contribution < -0.4 is 0 Å². The van der Waals surface area contributed by atoms with Crippen molar-refractivity contribution >= 4 is 16.3 Å². The number of aryl methyl sites for hydroxylation is 1. The van der Waals surface area contributed by atoms with Crippen molar-refractivity contribution in [2.75, 3.05) is 13.1 Å². The van der Waals surface area contributed by atoms with E-state index in [1.165, 1.54) is 4.31 Å². The molecule has 0 amide bonds. The first-order valence-corrected chi connectivity index (χ1v) is 9.27. The third kappa shape index (κ3) is 4.22. The second-order valence-electron chi connectivity index (χ2n) is 5.68. The topological polar surface area (TPSA) is 54.5 Å². The Kier molecular flexibility index (Phi) is 6.13. The van der Waals surface area contributed by atoms with Gasteiger partial charge in [-0.25, -0.2) is 8.42 Å². The van der Waals surface area contributed by atoms with Gasteiger partial charge in [-0.3, -0.25) is 4.79 Å². The molecule has 0 heterocycles. The maximum atomic E-state index is 12.7. The zero-order valence-corrected chi connectivity index (χ0v) is 14.6. The van der Waals surface area contributed by atoms with Crippen molar-refractivity contribution < 1.29 is 13.2 Å². The van der Waals surface area contributed by atoms with Crippen molar-refractivity contribution in [2.45, 2.75) is 31.1 Å². The molecule has 0 aliphatic heterocycles. The summed E-state index contributed by atoms with van der Waals surface area (Å²) in [6.07, 6.45) is 4.86. The van der Waals surface area contributed by atoms with Crippen LogP contribution in [0.25, 0.3) is 0 Å². The fraction of sp³-hybridized carbons (Fsp3) is 0.316. The summed E-state index contributed by atoms with van der Waals surface area (Å²) in [7, 11) is -3.62. The van der Waals surface area contributed by atoms with Crippen LogP contribution in [-0.4, -0.2) is 32.1 Å². The molecule has 5 heteroatoms. The number of aldehydes is 1. The third-order valence-corrected chi connectivity index (χ3v) is 5.71. The molecule has 126 valence electrons. The highest BCUT2D eigenvalue weighted by Gasteiger charge is 2.22. The van der Waals surface area contributed by atoms with E-state index in [0.717, 1.165) is 42.3 Å². The lowest BCUT2D eigenvalue weighted by molar-refractivity contribution is -0.105. The van der Waals surface area contributed by atoms with Gasteiger partial charge < -0.3 is 0 Å². The molecule has 0 aromatic heterocycles. The van der Waals surface area contributed by atoms with Gasteiger partial charge in [0.1, 0.15) is 6.29 Å². The van der Waals surface area contributed by atoms with Crippen LogP contribution in [0.4, 0.5) is 0 Å². The van der Waals surface area contributed by atoms with Gasteiger partial charge in [-0.05, 0) is 38.3 Å². The average Bonchev–Trinajstić information content (AvgIpc) is 3.02. The van der Waals surface area contributed by atoms with Crippen molar-refractivity contribution in [3.63, 3.8) is 0 Å². The monoisotopic (exact) mass is 343 g/mol. The highest BCUT2D eigenvalue weighted by molar-refractivity contribution is 7.89. The summed E-state index contributed by atoms with van der Waals surface area (Å²) in [5.41, 5.74) is 2.56. The van der Waals surface area contributed by atoms with Crippen LogP contribution in [0.15, 0.2) is 53.0 Å². The first-order chi connectivity index (χ1) is 11.5. The Morgan fingerprint density at radius 1 is 1.25 bits per heavy atom. The molecule has 0 saturated heterocycles. The molecule has 0 spiro atoms. The van der Waals surface area contributed by atoms with E-state index in [1.807, 2.05) is 6.92 Å². The molecule has 0 N–H and O–H groups in total. The average molecular weight is 343 g/mol. The highest BCUT2D eigenvalue weighted by atomic mass is 32.2. The standard InChI is InChI=1S/C19H21NO3S/c1-3-13-20(14-5-8-17-6-4-7-18(17)15-21)24(22,23)19-11-9-16(2)10-12-19/h3,9-12,15H,1,4,6-7,13-14H2,2H3. The van der Waals surface area contributed by atoms with Gasteiger partial charge >= 0.3 is 0 Å². The number of hydrogen-bond donors (Lipinski definition) is 0. The maximum absolute atomic E-state index is 12.7. The van der Waals surface area contributed by atoms with E-state index in [0.29, 0.717) is 0 Å². The minimum Gasteiger partial charge on any atom is -0.298 e. The molecular weight excluding hydrogens is 322 g/mol. The number of benzene rings is 1. The summed E-state index contributed by atoms with van der Waals surface area (Å²) in [4.78, 5) is 11.2. The molecule has 2 rings (SSSR count). The predicted octanol–water partition coefficient (Wildman–Crippen LogP) is 2.85. The molecule has 0 atom stereocenters. The van der Waals surface area contributed by atoms with Gasteiger partial charge in [0.2, 0.25) is 10.0 Å². The van der Waals surface area contributed by atoms with Gasteiger partial charge in [0.05, 0.1) is 11.4 Å². The van der Waals surface area contributed by atoms with Crippen LogP contribution in [0.2, 0.25) is 0 Å². The lowest BCUT2D eigenvalue weighted by Gasteiger charge is -2.18. The van der Waals surface area contributed by atoms with Crippen LogP contribution >= 0.6 is 0 Å². The fourth-order valence-electron chi connectivity index (χ4n) is 2.53. The first kappa shape index (κ1) is 18.2. The van der Waals surface area contributed by atoms with Crippen molar-refractivity contribution in [1.82, 2.24) is 4.31 Å². The largest absolute Gasteiger partial charge is 0.298 e. The Morgan fingerprint density at radius 3 is 2.58 bits per heavy atom. The normalized spacial score (nSPS) is 14.4. The van der Waals surface area contributed by atoms with Crippen LogP contribution in [0.5, 0.6) is 0 Å². The molecule has 1 aliphatic carbocycles. The summed E-state index contributed by atoms with van der Waals surface area (Å²) in [6.45, 7) is 5.78. The molecule has 1 aliphatic rings. The quantitative estimate of drug-likeness (QED) is 0.453. The molecule has 0 radical (unpaired) electrons. The molecular formula is C19H21NO3S. The number of nitrogens with zero attached hydrogens (tertiary/aromatic N) is 1. The minimum atomic E-state index is -3.62. The lowest BCUT2D eigenvalue weighted by Crippen LogP contribution is -2.31. The van der Waals surface area contributed by atoms with Gasteiger partial charge in [-0.2, -0.15) is 4.31 Å². The Hall–Kier alpha value is -2.16. The summed E-state index contributed by atoms with van der Waals surface area (Å²) in [5.74, 6) is 5.86. The van der Waals surface area contributed by atoms with E-state index in [9.17, 15) is 13.2 Å². The molecule has 24 heavy (non-hydrogen) atoms. The smallest absolute Gasteiger partial charge is 0.244 e. The van der Waals surface area contributed by atoms with Gasteiger partial charge in [0.25, 0.3) is 0 Å². The summed E-state index contributed by atoms with van der Waals surface area (Å²) in [5, 5.41) is 0. The Morgan fingerprint density at radius 2 is 1.96 bits per heavy atom. The second kappa shape index (κ2) is 8.09. The van der Waals surface area contributed by atoms with Gasteiger partial charge in [-0.15, -0.1) is 6.58 Å². The number of sulfonamides is 1. The molecule has 4 nitrogen and oxygen atoms in total. The van der Waals surface area contributed by atoms with Crippen LogP contribution in [-0.2, 0) is 14.8 Å². The molecule has 0 saturated carbocycles. The van der Waals surface area contributed by atoms with Crippen LogP contribution in [0.1, 0.15) is 24.8 Å². The number of allylic oxidation sites excluding steroid dienone is 2. The molecule has 1 aromatic carbocycles. The predicted molar refractivity (Wildman–Crippen MR) is 94.9 cm³/mol. The van der Waals surface area contributed by atoms with Gasteiger partial charge in [-0.1, -0.05) is 35.6 Å². The molecule has 0 fully saturated rings. The Balaban J connectivity index is 2.22. The van der Waals surface area contributed by atoms with E-state index in [-0.39, 0.29) is 18.0 Å². The van der Waals surface area contributed by atoms with E-state index in [1.54, 1.807) is 30.3 Å². The van der Waals surface area contributed by atoms with E-state index in [4.69, 9.17) is 0 Å². The van der Waals surface area contributed by atoms with Crippen LogP contribution in [0.3, 0.4) is 0 Å². The highest BCUT2D eigenvalue weighted by Crippen LogP contribution is 2.23. The van der Waals surface area contributed by atoms with Crippen molar-refractivity contribution in [2.24, 2.45) is 0 Å². The first-order valence-electron chi connectivity index (χ1n) is 7.83. The summed E-state index contributed by atoms with van der Waals surface area (Å²) < 4.78 is 26.7. The SMILES string of the molecule is C=CCN(CC#CC1=C(C=O)CCC1)S(=O)(=O)c1ccc(C)cc1. The minimum absolute atomic E-state index is 0.0673. The fourth-order valence-corrected chi connectivity index (χ4v) is 3.84. The lowest BCUT2D eigenvalue weighted by atomic mass is 10.2. The van der Waals surface area contributed by atoms with Crippen LogP contribution in [0, 0.1) is 18.8 Å². The maximum Gasteiger partial charge on any atom is 0.244 e. The van der Waals surface area contributed by atoms with Crippen molar-refractivity contribution in [3.05, 3.63) is 53.6 Å². The number of rotatable bonds is 6. The van der Waals surface area contributed by atoms with Crippen molar-refractivity contribution in [3.8, 4) is 11.8 Å². The molecule has 0 bridgehead atoms. The molecule has 1 aromatic rings. The summed E-state index contributed by atoms with van der Waals surface area (Å²) in [6, 6.07) is 6.73. The third-order valence-electron chi connectivity index (χ3n) is 3.89. The second-order valence-corrected chi connectivity index (χ2v) is 7.61. The van der Waals surface area contributed by atoms with E-state index >= 15 is 0 Å². The van der Waals surface area contributed by atoms with Crippen molar-refractivity contribution in [1.29, 1.82) is 0 Å². The van der Waals surface area contributed by atoms with E-state index < -0.39 is 10.0 Å². The Bertz CT molecular complexity index is 808.